The second kappa shape index (κ2) is 7.88. The molecule has 1 aliphatic rings. The van der Waals surface area contributed by atoms with Crippen LogP contribution in [-0.4, -0.2) is 51.2 Å². The highest BCUT2D eigenvalue weighted by atomic mass is 79.9. The molecule has 1 aromatic rings. The average Bonchev–Trinajstić information content (AvgIpc) is 2.45. The van der Waals surface area contributed by atoms with Gasteiger partial charge >= 0.3 is 0 Å². The molecule has 0 saturated carbocycles. The minimum Gasteiger partial charge on any atom is -0.374 e. The highest BCUT2D eigenvalue weighted by Crippen LogP contribution is 2.24. The van der Waals surface area contributed by atoms with Crippen LogP contribution in [-0.2, 0) is 0 Å². The van der Waals surface area contributed by atoms with Gasteiger partial charge in [-0.1, -0.05) is 12.1 Å². The first-order chi connectivity index (χ1) is 9.27. The van der Waals surface area contributed by atoms with E-state index in [0.717, 1.165) is 19.6 Å². The molecule has 0 aromatic heterocycles. The van der Waals surface area contributed by atoms with Gasteiger partial charge in [-0.05, 0) is 47.4 Å². The fourth-order valence-corrected chi connectivity index (χ4v) is 3.09. The van der Waals surface area contributed by atoms with E-state index in [2.05, 4.69) is 62.4 Å². The molecule has 106 valence electrons. The monoisotopic (exact) mass is 325 g/mol. The molecular formula is C15H24BrN3. The molecule has 0 spiro atoms. The smallest absolute Gasteiger partial charge is 0.0508 e. The maximum atomic E-state index is 3.61. The van der Waals surface area contributed by atoms with E-state index in [4.69, 9.17) is 0 Å². The van der Waals surface area contributed by atoms with Crippen molar-refractivity contribution in [3.05, 3.63) is 28.7 Å². The van der Waals surface area contributed by atoms with Gasteiger partial charge in [-0.15, -0.1) is 0 Å². The molecule has 1 saturated heterocycles. The molecule has 0 radical (unpaired) electrons. The molecule has 0 bridgehead atoms. The maximum absolute atomic E-state index is 3.61. The average molecular weight is 326 g/mol. The second-order valence-electron chi connectivity index (χ2n) is 5.17. The van der Waals surface area contributed by atoms with E-state index in [0.29, 0.717) is 0 Å². The zero-order valence-electron chi connectivity index (χ0n) is 11.7. The standard InChI is InChI=1S/C15H24BrN3/c1-18(15-7-3-2-6-14(15)16)10-4-5-11-19-12-8-17-9-13-19/h2-3,6-7,17H,4-5,8-13H2,1H3. The van der Waals surface area contributed by atoms with E-state index in [1.807, 2.05) is 0 Å². The normalized spacial score (nSPS) is 16.5. The highest BCUT2D eigenvalue weighted by Gasteiger charge is 2.09. The van der Waals surface area contributed by atoms with E-state index in [9.17, 15) is 0 Å². The zero-order chi connectivity index (χ0) is 13.5. The van der Waals surface area contributed by atoms with Gasteiger partial charge in [-0.3, -0.25) is 0 Å². The van der Waals surface area contributed by atoms with Crippen molar-refractivity contribution < 1.29 is 0 Å². The lowest BCUT2D eigenvalue weighted by molar-refractivity contribution is 0.237. The number of halogens is 1. The molecule has 1 aromatic carbocycles. The van der Waals surface area contributed by atoms with Gasteiger partial charge in [-0.2, -0.15) is 0 Å². The number of nitrogens with one attached hydrogen (secondary N) is 1. The number of piperazine rings is 1. The Morgan fingerprint density at radius 3 is 2.68 bits per heavy atom. The van der Waals surface area contributed by atoms with Crippen LogP contribution in [0.3, 0.4) is 0 Å². The molecule has 1 heterocycles. The van der Waals surface area contributed by atoms with E-state index >= 15 is 0 Å². The topological polar surface area (TPSA) is 18.5 Å². The van der Waals surface area contributed by atoms with Crippen molar-refractivity contribution in [3.8, 4) is 0 Å². The van der Waals surface area contributed by atoms with Crippen molar-refractivity contribution in [3.63, 3.8) is 0 Å². The predicted octanol–water partition coefficient (Wildman–Crippen LogP) is 2.57. The summed E-state index contributed by atoms with van der Waals surface area (Å²) in [6.07, 6.45) is 2.54. The predicted molar refractivity (Wildman–Crippen MR) is 86.0 cm³/mol. The van der Waals surface area contributed by atoms with Crippen molar-refractivity contribution in [2.24, 2.45) is 0 Å². The molecule has 1 fully saturated rings. The number of nitrogens with zero attached hydrogens (tertiary/aromatic N) is 2. The highest BCUT2D eigenvalue weighted by molar-refractivity contribution is 9.10. The first-order valence-corrected chi connectivity index (χ1v) is 7.95. The van der Waals surface area contributed by atoms with E-state index < -0.39 is 0 Å². The number of hydrogen-bond acceptors (Lipinski definition) is 3. The quantitative estimate of drug-likeness (QED) is 0.811. The van der Waals surface area contributed by atoms with E-state index in [1.54, 1.807) is 0 Å². The van der Waals surface area contributed by atoms with Gasteiger partial charge in [0.2, 0.25) is 0 Å². The summed E-state index contributed by atoms with van der Waals surface area (Å²) in [4.78, 5) is 4.90. The molecule has 19 heavy (non-hydrogen) atoms. The number of para-hydroxylation sites is 1. The summed E-state index contributed by atoms with van der Waals surface area (Å²) in [7, 11) is 2.17. The molecule has 2 rings (SSSR count). The Hall–Kier alpha value is -0.580. The number of rotatable bonds is 6. The fraction of sp³-hybridized carbons (Fsp3) is 0.600. The third-order valence-electron chi connectivity index (χ3n) is 3.69. The number of anilines is 1. The van der Waals surface area contributed by atoms with Crippen molar-refractivity contribution >= 4 is 21.6 Å². The van der Waals surface area contributed by atoms with Gasteiger partial charge < -0.3 is 15.1 Å². The molecular weight excluding hydrogens is 302 g/mol. The second-order valence-corrected chi connectivity index (χ2v) is 6.03. The molecule has 1 N–H and O–H groups in total. The van der Waals surface area contributed by atoms with Crippen LogP contribution >= 0.6 is 15.9 Å². The molecule has 4 heteroatoms. The summed E-state index contributed by atoms with van der Waals surface area (Å²) in [5.41, 5.74) is 1.28. The lowest BCUT2D eigenvalue weighted by Crippen LogP contribution is -2.43. The largest absolute Gasteiger partial charge is 0.374 e. The van der Waals surface area contributed by atoms with Crippen molar-refractivity contribution in [1.82, 2.24) is 10.2 Å². The Morgan fingerprint density at radius 1 is 1.21 bits per heavy atom. The molecule has 0 amide bonds. The molecule has 1 aliphatic heterocycles. The van der Waals surface area contributed by atoms with Gasteiger partial charge in [0.15, 0.2) is 0 Å². The molecule has 3 nitrogen and oxygen atoms in total. The summed E-state index contributed by atoms with van der Waals surface area (Å²) in [6.45, 7) is 7.08. The van der Waals surface area contributed by atoms with Crippen LogP contribution in [0, 0.1) is 0 Å². The third-order valence-corrected chi connectivity index (χ3v) is 4.36. The van der Waals surface area contributed by atoms with E-state index in [1.165, 1.54) is 42.6 Å². The first kappa shape index (κ1) is 14.8. The zero-order valence-corrected chi connectivity index (χ0v) is 13.3. The van der Waals surface area contributed by atoms with Crippen LogP contribution in [0.4, 0.5) is 5.69 Å². The van der Waals surface area contributed by atoms with Crippen LogP contribution in [0.25, 0.3) is 0 Å². The lowest BCUT2D eigenvalue weighted by Gasteiger charge is -2.27. The Labute approximate surface area is 125 Å². The summed E-state index contributed by atoms with van der Waals surface area (Å²) >= 11 is 3.61. The summed E-state index contributed by atoms with van der Waals surface area (Å²) < 4.78 is 1.18. The van der Waals surface area contributed by atoms with Gasteiger partial charge in [0.25, 0.3) is 0 Å². The number of hydrogen-bond donors (Lipinski definition) is 1. The van der Waals surface area contributed by atoms with Crippen LogP contribution in [0.1, 0.15) is 12.8 Å². The molecule has 0 aliphatic carbocycles. The van der Waals surface area contributed by atoms with Crippen molar-refractivity contribution in [1.29, 1.82) is 0 Å². The van der Waals surface area contributed by atoms with Crippen LogP contribution in [0.15, 0.2) is 28.7 Å². The first-order valence-electron chi connectivity index (χ1n) is 7.16. The number of benzene rings is 1. The van der Waals surface area contributed by atoms with Crippen molar-refractivity contribution in [2.75, 3.05) is 51.2 Å². The minimum atomic E-state index is 1.12. The van der Waals surface area contributed by atoms with Gasteiger partial charge in [0.05, 0.1) is 5.69 Å². The van der Waals surface area contributed by atoms with E-state index in [-0.39, 0.29) is 0 Å². The summed E-state index contributed by atoms with van der Waals surface area (Å²) in [5.74, 6) is 0. The Kier molecular flexibility index (Phi) is 6.14. The van der Waals surface area contributed by atoms with Crippen LogP contribution in [0.5, 0.6) is 0 Å². The minimum absolute atomic E-state index is 1.12. The molecule has 0 unspecified atom stereocenters. The Balaban J connectivity index is 1.66. The Bertz CT molecular complexity index is 377. The lowest BCUT2D eigenvalue weighted by atomic mass is 10.2. The summed E-state index contributed by atoms with van der Waals surface area (Å²) in [6, 6.07) is 8.43. The maximum Gasteiger partial charge on any atom is 0.0508 e. The SMILES string of the molecule is CN(CCCCN1CCNCC1)c1ccccc1Br. The van der Waals surface area contributed by atoms with Crippen LogP contribution in [0.2, 0.25) is 0 Å². The summed E-state index contributed by atoms with van der Waals surface area (Å²) in [5, 5.41) is 3.40. The Morgan fingerprint density at radius 2 is 1.95 bits per heavy atom. The van der Waals surface area contributed by atoms with Gasteiger partial charge in [-0.25, -0.2) is 0 Å². The third kappa shape index (κ3) is 4.79. The molecule has 0 atom stereocenters. The van der Waals surface area contributed by atoms with Gasteiger partial charge in [0.1, 0.15) is 0 Å². The number of unbranched alkanes of at least 4 members (excludes halogenated alkanes) is 1. The van der Waals surface area contributed by atoms with Gasteiger partial charge in [0, 0.05) is 44.2 Å². The fourth-order valence-electron chi connectivity index (χ4n) is 2.50. The van der Waals surface area contributed by atoms with Crippen LogP contribution < -0.4 is 10.2 Å². The van der Waals surface area contributed by atoms with Crippen molar-refractivity contribution in [2.45, 2.75) is 12.8 Å².